The number of carboxylic acid groups (broad SMARTS) is 1. The van der Waals surface area contributed by atoms with Crippen LogP contribution in [-0.4, -0.2) is 36.9 Å². The Morgan fingerprint density at radius 3 is 2.54 bits per heavy atom. The highest BCUT2D eigenvalue weighted by Gasteiger charge is 2.18. The highest BCUT2D eigenvalue weighted by molar-refractivity contribution is 5.95. The number of aromatic amines is 1. The van der Waals surface area contributed by atoms with Crippen LogP contribution in [0.25, 0.3) is 22.2 Å². The summed E-state index contributed by atoms with van der Waals surface area (Å²) < 4.78 is 16.5. The lowest BCUT2D eigenvalue weighted by molar-refractivity contribution is -0.136. The maximum absolute atomic E-state index is 11.5. The van der Waals surface area contributed by atoms with E-state index in [2.05, 4.69) is 11.9 Å². The average molecular weight is 383 g/mol. The molecule has 0 amide bonds. The molecule has 0 fully saturated rings. The van der Waals surface area contributed by atoms with Gasteiger partial charge in [0.2, 0.25) is 0 Å². The van der Waals surface area contributed by atoms with E-state index in [4.69, 9.17) is 14.2 Å². The van der Waals surface area contributed by atoms with Crippen molar-refractivity contribution in [1.29, 1.82) is 0 Å². The molecule has 0 aliphatic carbocycles. The normalized spacial score (nSPS) is 10.8. The van der Waals surface area contributed by atoms with Gasteiger partial charge in [-0.25, -0.2) is 0 Å². The van der Waals surface area contributed by atoms with Gasteiger partial charge in [0.25, 0.3) is 0 Å². The summed E-state index contributed by atoms with van der Waals surface area (Å²) >= 11 is 0. The summed E-state index contributed by atoms with van der Waals surface area (Å²) in [7, 11) is 3.15. The lowest BCUT2D eigenvalue weighted by atomic mass is 10.0. The number of benzene rings is 2. The molecular formula is C22H25NO5. The summed E-state index contributed by atoms with van der Waals surface area (Å²) in [5.74, 6) is 1.06. The van der Waals surface area contributed by atoms with Crippen LogP contribution in [0, 0.1) is 0 Å². The molecule has 1 aromatic heterocycles. The minimum Gasteiger partial charge on any atom is -0.494 e. The third kappa shape index (κ3) is 4.06. The van der Waals surface area contributed by atoms with Crippen molar-refractivity contribution in [3.63, 3.8) is 0 Å². The summed E-state index contributed by atoms with van der Waals surface area (Å²) in [5.41, 5.74) is 3.17. The van der Waals surface area contributed by atoms with Gasteiger partial charge in [-0.05, 0) is 48.4 Å². The molecule has 0 bridgehead atoms. The molecule has 2 N–H and O–H groups in total. The van der Waals surface area contributed by atoms with Crippen LogP contribution in [-0.2, 0) is 11.2 Å². The second-order valence-corrected chi connectivity index (χ2v) is 6.53. The number of hydrogen-bond acceptors (Lipinski definition) is 4. The molecule has 0 saturated heterocycles. The number of aromatic nitrogens is 1. The quantitative estimate of drug-likeness (QED) is 0.525. The number of hydrogen-bond donors (Lipinski definition) is 2. The lowest BCUT2D eigenvalue weighted by Crippen LogP contribution is -2.01. The van der Waals surface area contributed by atoms with E-state index in [1.165, 1.54) is 0 Å². The zero-order valence-electron chi connectivity index (χ0n) is 16.4. The van der Waals surface area contributed by atoms with Crippen LogP contribution >= 0.6 is 0 Å². The second-order valence-electron chi connectivity index (χ2n) is 6.53. The minimum atomic E-state index is -0.889. The van der Waals surface area contributed by atoms with E-state index < -0.39 is 5.97 Å². The van der Waals surface area contributed by atoms with E-state index >= 15 is 0 Å². The van der Waals surface area contributed by atoms with Gasteiger partial charge >= 0.3 is 5.97 Å². The van der Waals surface area contributed by atoms with Gasteiger partial charge in [-0.1, -0.05) is 13.3 Å². The topological polar surface area (TPSA) is 80.8 Å². The molecule has 2 aromatic carbocycles. The van der Waals surface area contributed by atoms with Crippen LogP contribution in [0.15, 0.2) is 36.4 Å². The molecule has 0 radical (unpaired) electrons. The van der Waals surface area contributed by atoms with Crippen molar-refractivity contribution in [3.8, 4) is 28.5 Å². The Balaban J connectivity index is 2.09. The smallest absolute Gasteiger partial charge is 0.307 e. The molecule has 6 nitrogen and oxygen atoms in total. The fourth-order valence-electron chi connectivity index (χ4n) is 3.22. The molecule has 0 aliphatic heterocycles. The molecule has 28 heavy (non-hydrogen) atoms. The Morgan fingerprint density at radius 1 is 1.07 bits per heavy atom. The molecule has 6 heteroatoms. The number of H-pyrrole nitrogens is 1. The number of nitrogens with one attached hydrogen (secondary N) is 1. The number of carbonyl (C=O) groups is 1. The van der Waals surface area contributed by atoms with Gasteiger partial charge in [0.15, 0.2) is 11.5 Å². The van der Waals surface area contributed by atoms with Crippen LogP contribution in [0.4, 0.5) is 0 Å². The minimum absolute atomic E-state index is 0.0951. The SMILES string of the molecule is CCCCOc1ccc2[nH]c(-c3ccc(OC)c(OC)c3)c(CC(=O)O)c2c1. The average Bonchev–Trinajstić information content (AvgIpc) is 3.05. The number of carboxylic acids is 1. The fraction of sp³-hybridized carbons (Fsp3) is 0.318. The molecule has 0 unspecified atom stereocenters. The van der Waals surface area contributed by atoms with E-state index in [-0.39, 0.29) is 6.42 Å². The number of methoxy groups -OCH3 is 2. The third-order valence-corrected chi connectivity index (χ3v) is 4.64. The summed E-state index contributed by atoms with van der Waals surface area (Å²) in [6.45, 7) is 2.75. The number of fused-ring (bicyclic) bond motifs is 1. The van der Waals surface area contributed by atoms with E-state index in [1.54, 1.807) is 14.2 Å². The fourth-order valence-corrected chi connectivity index (χ4v) is 3.22. The highest BCUT2D eigenvalue weighted by atomic mass is 16.5. The zero-order chi connectivity index (χ0) is 20.1. The van der Waals surface area contributed by atoms with Crippen LogP contribution in [0.1, 0.15) is 25.3 Å². The highest BCUT2D eigenvalue weighted by Crippen LogP contribution is 2.37. The number of ether oxygens (including phenoxy) is 3. The van der Waals surface area contributed by atoms with Crippen LogP contribution in [0.2, 0.25) is 0 Å². The summed E-state index contributed by atoms with van der Waals surface area (Å²) in [4.78, 5) is 14.9. The molecule has 0 saturated carbocycles. The molecule has 0 aliphatic rings. The van der Waals surface area contributed by atoms with E-state index in [0.29, 0.717) is 18.1 Å². The molecule has 3 aromatic rings. The summed E-state index contributed by atoms with van der Waals surface area (Å²) in [5, 5.41) is 10.3. The predicted octanol–water partition coefficient (Wildman–Crippen LogP) is 4.66. The molecule has 3 rings (SSSR count). The Labute approximate surface area is 164 Å². The first kappa shape index (κ1) is 19.6. The van der Waals surface area contributed by atoms with E-state index in [0.717, 1.165) is 46.3 Å². The first-order valence-corrected chi connectivity index (χ1v) is 9.29. The third-order valence-electron chi connectivity index (χ3n) is 4.64. The largest absolute Gasteiger partial charge is 0.494 e. The Kier molecular flexibility index (Phi) is 6.09. The van der Waals surface area contributed by atoms with Crippen molar-refractivity contribution >= 4 is 16.9 Å². The maximum Gasteiger partial charge on any atom is 0.307 e. The van der Waals surface area contributed by atoms with Gasteiger partial charge < -0.3 is 24.3 Å². The Hall–Kier alpha value is -3.15. The van der Waals surface area contributed by atoms with Crippen molar-refractivity contribution in [1.82, 2.24) is 4.98 Å². The Morgan fingerprint density at radius 2 is 1.86 bits per heavy atom. The predicted molar refractivity (Wildman–Crippen MR) is 109 cm³/mol. The van der Waals surface area contributed by atoms with Gasteiger partial charge in [0.05, 0.1) is 32.9 Å². The van der Waals surface area contributed by atoms with Gasteiger partial charge in [0.1, 0.15) is 5.75 Å². The maximum atomic E-state index is 11.5. The van der Waals surface area contributed by atoms with Crippen molar-refractivity contribution < 1.29 is 24.1 Å². The first-order chi connectivity index (χ1) is 13.6. The molecule has 0 spiro atoms. The van der Waals surface area contributed by atoms with Crippen LogP contribution in [0.3, 0.4) is 0 Å². The van der Waals surface area contributed by atoms with Gasteiger partial charge in [-0.3, -0.25) is 4.79 Å². The van der Waals surface area contributed by atoms with Crippen molar-refractivity contribution in [2.45, 2.75) is 26.2 Å². The number of unbranched alkanes of at least 4 members (excludes halogenated alkanes) is 1. The van der Waals surface area contributed by atoms with E-state index in [1.807, 2.05) is 36.4 Å². The Bertz CT molecular complexity index is 976. The second kappa shape index (κ2) is 8.69. The van der Waals surface area contributed by atoms with Crippen molar-refractivity contribution in [3.05, 3.63) is 42.0 Å². The van der Waals surface area contributed by atoms with Crippen molar-refractivity contribution in [2.24, 2.45) is 0 Å². The van der Waals surface area contributed by atoms with Crippen LogP contribution in [0.5, 0.6) is 17.2 Å². The lowest BCUT2D eigenvalue weighted by Gasteiger charge is -2.10. The van der Waals surface area contributed by atoms with Gasteiger partial charge in [-0.15, -0.1) is 0 Å². The molecule has 1 heterocycles. The molecule has 148 valence electrons. The van der Waals surface area contributed by atoms with Gasteiger partial charge in [0, 0.05) is 16.5 Å². The number of rotatable bonds is 9. The van der Waals surface area contributed by atoms with Crippen LogP contribution < -0.4 is 14.2 Å². The van der Waals surface area contributed by atoms with E-state index in [9.17, 15) is 9.90 Å². The monoisotopic (exact) mass is 383 g/mol. The number of aliphatic carboxylic acids is 1. The van der Waals surface area contributed by atoms with Crippen molar-refractivity contribution in [2.75, 3.05) is 20.8 Å². The summed E-state index contributed by atoms with van der Waals surface area (Å²) in [6.07, 6.45) is 1.94. The summed E-state index contributed by atoms with van der Waals surface area (Å²) in [6, 6.07) is 11.3. The molecule has 0 atom stereocenters. The zero-order valence-corrected chi connectivity index (χ0v) is 16.4. The van der Waals surface area contributed by atoms with Gasteiger partial charge in [-0.2, -0.15) is 0 Å². The standard InChI is InChI=1S/C22H25NO5/c1-4-5-10-28-15-7-8-18-16(12-15)17(13-21(24)25)22(23-18)14-6-9-19(26-2)20(11-14)27-3/h6-9,11-12,23H,4-5,10,13H2,1-3H3,(H,24,25). The molecular weight excluding hydrogens is 358 g/mol. The first-order valence-electron chi connectivity index (χ1n) is 9.29.